The maximum atomic E-state index is 10.7. The highest BCUT2D eigenvalue weighted by molar-refractivity contribution is 5.76. The van der Waals surface area contributed by atoms with Crippen LogP contribution in [0.5, 0.6) is 11.5 Å². The van der Waals surface area contributed by atoms with E-state index in [4.69, 9.17) is 15.2 Å². The molecule has 0 aromatic heterocycles. The van der Waals surface area contributed by atoms with E-state index >= 15 is 0 Å². The van der Waals surface area contributed by atoms with Gasteiger partial charge < -0.3 is 15.2 Å². The molecule has 0 atom stereocenters. The van der Waals surface area contributed by atoms with Crippen molar-refractivity contribution in [3.63, 3.8) is 0 Å². The molecule has 14 heavy (non-hydrogen) atoms. The van der Waals surface area contributed by atoms with Gasteiger partial charge in [0.15, 0.2) is 11.5 Å². The minimum atomic E-state index is -0.346. The molecule has 0 saturated heterocycles. The van der Waals surface area contributed by atoms with Crippen molar-refractivity contribution in [2.75, 3.05) is 13.2 Å². The third-order valence-electron chi connectivity index (χ3n) is 1.98. The van der Waals surface area contributed by atoms with Crippen LogP contribution in [0.3, 0.4) is 0 Å². The van der Waals surface area contributed by atoms with Crippen LogP contribution in [0.4, 0.5) is 0 Å². The number of primary amides is 1. The third-order valence-corrected chi connectivity index (χ3v) is 1.98. The number of rotatable bonds is 2. The van der Waals surface area contributed by atoms with Crippen molar-refractivity contribution in [3.8, 4) is 11.5 Å². The minimum absolute atomic E-state index is 0.233. The van der Waals surface area contributed by atoms with Gasteiger partial charge in [0, 0.05) is 0 Å². The second kappa shape index (κ2) is 3.57. The van der Waals surface area contributed by atoms with Gasteiger partial charge in [-0.2, -0.15) is 0 Å². The molecule has 1 heterocycles. The van der Waals surface area contributed by atoms with Gasteiger partial charge in [-0.1, -0.05) is 6.07 Å². The zero-order chi connectivity index (χ0) is 9.97. The Labute approximate surface area is 81.6 Å². The van der Waals surface area contributed by atoms with Crippen molar-refractivity contribution in [1.82, 2.24) is 0 Å². The van der Waals surface area contributed by atoms with Crippen molar-refractivity contribution in [2.45, 2.75) is 6.42 Å². The van der Waals surface area contributed by atoms with Crippen molar-refractivity contribution >= 4 is 5.91 Å². The fourth-order valence-corrected chi connectivity index (χ4v) is 1.40. The lowest BCUT2D eigenvalue weighted by Gasteiger charge is -2.18. The zero-order valence-electron chi connectivity index (χ0n) is 7.66. The summed E-state index contributed by atoms with van der Waals surface area (Å²) in [5.74, 6) is 1.07. The summed E-state index contributed by atoms with van der Waals surface area (Å²) in [5.41, 5.74) is 5.94. The largest absolute Gasteiger partial charge is 0.486 e. The number of nitrogens with two attached hydrogens (primary N) is 1. The number of carbonyl (C=O) groups is 1. The van der Waals surface area contributed by atoms with E-state index < -0.39 is 0 Å². The van der Waals surface area contributed by atoms with Crippen molar-refractivity contribution in [1.29, 1.82) is 0 Å². The van der Waals surface area contributed by atoms with Gasteiger partial charge in [0.2, 0.25) is 5.91 Å². The van der Waals surface area contributed by atoms with Crippen LogP contribution in [-0.2, 0) is 11.2 Å². The lowest BCUT2D eigenvalue weighted by Crippen LogP contribution is -2.17. The van der Waals surface area contributed by atoms with Crippen LogP contribution in [0.1, 0.15) is 5.56 Å². The van der Waals surface area contributed by atoms with Crippen molar-refractivity contribution < 1.29 is 14.3 Å². The summed E-state index contributed by atoms with van der Waals surface area (Å²) in [5, 5.41) is 0. The van der Waals surface area contributed by atoms with Crippen LogP contribution in [0, 0.1) is 0 Å². The number of fused-ring (bicyclic) bond motifs is 1. The molecule has 74 valence electrons. The molecule has 0 aliphatic carbocycles. The highest BCUT2D eigenvalue weighted by atomic mass is 16.6. The van der Waals surface area contributed by atoms with Crippen molar-refractivity contribution in [2.24, 2.45) is 5.73 Å². The van der Waals surface area contributed by atoms with Gasteiger partial charge >= 0.3 is 0 Å². The Kier molecular flexibility index (Phi) is 2.26. The van der Waals surface area contributed by atoms with Gasteiger partial charge in [0.25, 0.3) is 0 Å². The maximum Gasteiger partial charge on any atom is 0.221 e. The Morgan fingerprint density at radius 2 is 2.00 bits per heavy atom. The highest BCUT2D eigenvalue weighted by Gasteiger charge is 2.11. The molecule has 0 spiro atoms. The Balaban J connectivity index is 2.24. The van der Waals surface area contributed by atoms with Crippen LogP contribution in [0.2, 0.25) is 0 Å². The Morgan fingerprint density at radius 1 is 1.29 bits per heavy atom. The number of hydrogen-bond acceptors (Lipinski definition) is 3. The van der Waals surface area contributed by atoms with E-state index in [-0.39, 0.29) is 12.3 Å². The first-order valence-corrected chi connectivity index (χ1v) is 4.42. The minimum Gasteiger partial charge on any atom is -0.486 e. The zero-order valence-corrected chi connectivity index (χ0v) is 7.66. The van der Waals surface area contributed by atoms with Gasteiger partial charge in [0.05, 0.1) is 6.42 Å². The SMILES string of the molecule is NC(=O)Cc1ccc2c(c1)OCCO2. The summed E-state index contributed by atoms with van der Waals surface area (Å²) in [4.78, 5) is 10.7. The lowest BCUT2D eigenvalue weighted by atomic mass is 10.1. The molecule has 1 aliphatic heterocycles. The first-order valence-electron chi connectivity index (χ1n) is 4.42. The second-order valence-corrected chi connectivity index (χ2v) is 3.12. The van der Waals surface area contributed by atoms with Crippen molar-refractivity contribution in [3.05, 3.63) is 23.8 Å². The summed E-state index contributed by atoms with van der Waals surface area (Å²) >= 11 is 0. The second-order valence-electron chi connectivity index (χ2n) is 3.12. The standard InChI is InChI=1S/C10H11NO3/c11-10(12)6-7-1-2-8-9(5-7)14-4-3-13-8/h1-2,5H,3-4,6H2,(H2,11,12). The molecule has 4 nitrogen and oxygen atoms in total. The van der Waals surface area contributed by atoms with Crippen LogP contribution >= 0.6 is 0 Å². The van der Waals surface area contributed by atoms with E-state index in [0.717, 1.165) is 11.3 Å². The fraction of sp³-hybridized carbons (Fsp3) is 0.300. The van der Waals surface area contributed by atoms with Gasteiger partial charge in [0.1, 0.15) is 13.2 Å². The van der Waals surface area contributed by atoms with Gasteiger partial charge in [-0.3, -0.25) is 4.79 Å². The maximum absolute atomic E-state index is 10.7. The molecule has 4 heteroatoms. The fourth-order valence-electron chi connectivity index (χ4n) is 1.40. The average Bonchev–Trinajstić information content (AvgIpc) is 2.17. The van der Waals surface area contributed by atoms with E-state index in [1.54, 1.807) is 12.1 Å². The highest BCUT2D eigenvalue weighted by Crippen LogP contribution is 2.30. The summed E-state index contributed by atoms with van der Waals surface area (Å²) in [7, 11) is 0. The molecule has 2 rings (SSSR count). The summed E-state index contributed by atoms with van der Waals surface area (Å²) in [6, 6.07) is 5.41. The molecule has 1 amide bonds. The molecule has 0 bridgehead atoms. The van der Waals surface area contributed by atoms with E-state index in [1.165, 1.54) is 0 Å². The van der Waals surface area contributed by atoms with E-state index in [2.05, 4.69) is 0 Å². The Bertz CT molecular complexity index is 362. The molecule has 1 aliphatic rings. The van der Waals surface area contributed by atoms with E-state index in [9.17, 15) is 4.79 Å². The topological polar surface area (TPSA) is 61.6 Å². The van der Waals surface area contributed by atoms with Crippen LogP contribution in [-0.4, -0.2) is 19.1 Å². The van der Waals surface area contributed by atoms with Gasteiger partial charge in [-0.25, -0.2) is 0 Å². The van der Waals surface area contributed by atoms with E-state index in [1.807, 2.05) is 6.07 Å². The molecule has 0 unspecified atom stereocenters. The monoisotopic (exact) mass is 193 g/mol. The van der Waals surface area contributed by atoms with Crippen LogP contribution in [0.15, 0.2) is 18.2 Å². The average molecular weight is 193 g/mol. The quantitative estimate of drug-likeness (QED) is 0.743. The molecule has 0 saturated carbocycles. The Morgan fingerprint density at radius 3 is 2.71 bits per heavy atom. The number of hydrogen-bond donors (Lipinski definition) is 1. The van der Waals surface area contributed by atoms with Crippen LogP contribution in [0.25, 0.3) is 0 Å². The molecule has 2 N–H and O–H groups in total. The predicted molar refractivity (Wildman–Crippen MR) is 50.3 cm³/mol. The number of amides is 1. The predicted octanol–water partition coefficient (Wildman–Crippen LogP) is 0.486. The number of benzene rings is 1. The van der Waals surface area contributed by atoms with E-state index in [0.29, 0.717) is 19.0 Å². The molecular weight excluding hydrogens is 182 g/mol. The molecule has 0 radical (unpaired) electrons. The molecule has 1 aromatic carbocycles. The number of carbonyl (C=O) groups excluding carboxylic acids is 1. The first-order chi connectivity index (χ1) is 6.75. The molecule has 1 aromatic rings. The summed E-state index contributed by atoms with van der Waals surface area (Å²) in [6.07, 6.45) is 0.233. The smallest absolute Gasteiger partial charge is 0.221 e. The number of ether oxygens (including phenoxy) is 2. The normalized spacial score (nSPS) is 13.7. The Hall–Kier alpha value is -1.71. The third kappa shape index (κ3) is 1.79. The van der Waals surface area contributed by atoms with Crippen LogP contribution < -0.4 is 15.2 Å². The molecular formula is C10H11NO3. The van der Waals surface area contributed by atoms with Gasteiger partial charge in [-0.15, -0.1) is 0 Å². The lowest BCUT2D eigenvalue weighted by molar-refractivity contribution is -0.117. The van der Waals surface area contributed by atoms with Gasteiger partial charge in [-0.05, 0) is 17.7 Å². The summed E-state index contributed by atoms with van der Waals surface area (Å²) in [6.45, 7) is 1.12. The summed E-state index contributed by atoms with van der Waals surface area (Å²) < 4.78 is 10.7. The molecule has 0 fully saturated rings. The first kappa shape index (κ1) is 8.87.